The summed E-state index contributed by atoms with van der Waals surface area (Å²) in [5.41, 5.74) is 4.09. The maximum atomic E-state index is 12.0. The lowest BCUT2D eigenvalue weighted by Crippen LogP contribution is -2.24. The van der Waals surface area contributed by atoms with Crippen LogP contribution in [0.1, 0.15) is 24.6 Å². The fourth-order valence-electron chi connectivity index (χ4n) is 2.72. The van der Waals surface area contributed by atoms with Crippen LogP contribution in [0.3, 0.4) is 0 Å². The summed E-state index contributed by atoms with van der Waals surface area (Å²) in [5.74, 6) is 0.0260. The van der Waals surface area contributed by atoms with E-state index in [0.717, 1.165) is 28.8 Å². The first kappa shape index (κ1) is 15.3. The third-order valence-electron chi connectivity index (χ3n) is 3.89. The van der Waals surface area contributed by atoms with Gasteiger partial charge in [0, 0.05) is 19.5 Å². The van der Waals surface area contributed by atoms with E-state index in [0.29, 0.717) is 19.5 Å². The van der Waals surface area contributed by atoms with Crippen LogP contribution in [0.15, 0.2) is 36.5 Å². The molecule has 3 rings (SSSR count). The zero-order valence-electron chi connectivity index (χ0n) is 13.5. The first-order valence-electron chi connectivity index (χ1n) is 7.88. The molecule has 6 heteroatoms. The Kier molecular flexibility index (Phi) is 4.41. The van der Waals surface area contributed by atoms with Crippen LogP contribution in [0.4, 0.5) is 0 Å². The molecule has 0 aliphatic rings. The lowest BCUT2D eigenvalue weighted by Gasteiger charge is -2.06. The molecule has 1 amide bonds. The maximum Gasteiger partial charge on any atom is 0.222 e. The van der Waals surface area contributed by atoms with Crippen LogP contribution in [0.2, 0.25) is 0 Å². The number of aromatic nitrogens is 4. The summed E-state index contributed by atoms with van der Waals surface area (Å²) >= 11 is 0. The minimum absolute atomic E-state index is 0.0260. The summed E-state index contributed by atoms with van der Waals surface area (Å²) in [4.78, 5) is 12.0. The number of hydrogen-bond donors (Lipinski definition) is 1. The summed E-state index contributed by atoms with van der Waals surface area (Å²) in [6.07, 6.45) is 2.22. The number of aryl methyl sites for hydroxylation is 3. The van der Waals surface area contributed by atoms with Gasteiger partial charge in [-0.05, 0) is 19.4 Å². The van der Waals surface area contributed by atoms with Gasteiger partial charge >= 0.3 is 0 Å². The number of benzene rings is 1. The second-order valence-corrected chi connectivity index (χ2v) is 5.52. The fourth-order valence-corrected chi connectivity index (χ4v) is 2.72. The third-order valence-corrected chi connectivity index (χ3v) is 3.89. The van der Waals surface area contributed by atoms with Crippen molar-refractivity contribution in [3.63, 3.8) is 0 Å². The molecule has 23 heavy (non-hydrogen) atoms. The molecule has 0 fully saturated rings. The summed E-state index contributed by atoms with van der Waals surface area (Å²) in [7, 11) is 0. The number of rotatable bonds is 6. The van der Waals surface area contributed by atoms with E-state index in [1.54, 1.807) is 0 Å². The SMILES string of the molecule is CCn1nc(C)c2c1cnn2CCC(=O)NCc1ccccc1. The Balaban J connectivity index is 1.60. The first-order valence-corrected chi connectivity index (χ1v) is 7.88. The van der Waals surface area contributed by atoms with Crippen molar-refractivity contribution >= 4 is 16.9 Å². The van der Waals surface area contributed by atoms with Gasteiger partial charge < -0.3 is 5.32 Å². The molecule has 0 aliphatic carbocycles. The van der Waals surface area contributed by atoms with E-state index < -0.39 is 0 Å². The highest BCUT2D eigenvalue weighted by Crippen LogP contribution is 2.17. The van der Waals surface area contributed by atoms with Crippen molar-refractivity contribution in [1.82, 2.24) is 24.9 Å². The molecule has 3 aromatic rings. The molecule has 6 nitrogen and oxygen atoms in total. The van der Waals surface area contributed by atoms with Crippen LogP contribution >= 0.6 is 0 Å². The lowest BCUT2D eigenvalue weighted by atomic mass is 10.2. The van der Waals surface area contributed by atoms with Crippen molar-refractivity contribution in [3.8, 4) is 0 Å². The van der Waals surface area contributed by atoms with Gasteiger partial charge in [0.1, 0.15) is 11.0 Å². The van der Waals surface area contributed by atoms with Crippen LogP contribution < -0.4 is 5.32 Å². The van der Waals surface area contributed by atoms with Gasteiger partial charge in [0.15, 0.2) is 0 Å². The molecule has 0 saturated carbocycles. The monoisotopic (exact) mass is 311 g/mol. The summed E-state index contributed by atoms with van der Waals surface area (Å²) in [6, 6.07) is 9.90. The van der Waals surface area contributed by atoms with Gasteiger partial charge in [0.2, 0.25) is 5.91 Å². The standard InChI is InChI=1S/C17H21N5O/c1-3-21-15-12-19-22(17(15)13(2)20-21)10-9-16(23)18-11-14-7-5-4-6-8-14/h4-8,12H,3,9-11H2,1-2H3,(H,18,23). The van der Waals surface area contributed by atoms with E-state index in [2.05, 4.69) is 22.4 Å². The molecule has 120 valence electrons. The minimum Gasteiger partial charge on any atom is -0.352 e. The Hall–Kier alpha value is -2.63. The van der Waals surface area contributed by atoms with Gasteiger partial charge in [0.25, 0.3) is 0 Å². The van der Waals surface area contributed by atoms with Crippen molar-refractivity contribution in [2.24, 2.45) is 0 Å². The Morgan fingerprint density at radius 2 is 2.00 bits per heavy atom. The van der Waals surface area contributed by atoms with Crippen LogP contribution in [0, 0.1) is 6.92 Å². The Morgan fingerprint density at radius 1 is 1.22 bits per heavy atom. The zero-order chi connectivity index (χ0) is 16.2. The number of amides is 1. The van der Waals surface area contributed by atoms with Crippen molar-refractivity contribution in [1.29, 1.82) is 0 Å². The van der Waals surface area contributed by atoms with Gasteiger partial charge in [-0.2, -0.15) is 10.2 Å². The average molecular weight is 311 g/mol. The smallest absolute Gasteiger partial charge is 0.222 e. The minimum atomic E-state index is 0.0260. The molecule has 0 spiro atoms. The summed E-state index contributed by atoms with van der Waals surface area (Å²) in [6.45, 7) is 5.96. The van der Waals surface area contributed by atoms with E-state index in [9.17, 15) is 4.79 Å². The Bertz CT molecular complexity index is 803. The molecule has 0 saturated heterocycles. The van der Waals surface area contributed by atoms with Crippen LogP contribution in [0.5, 0.6) is 0 Å². The van der Waals surface area contributed by atoms with Gasteiger partial charge in [-0.25, -0.2) is 0 Å². The first-order chi connectivity index (χ1) is 11.2. The van der Waals surface area contributed by atoms with E-state index in [-0.39, 0.29) is 5.91 Å². The van der Waals surface area contributed by atoms with Gasteiger partial charge in [-0.1, -0.05) is 30.3 Å². The van der Waals surface area contributed by atoms with Crippen molar-refractivity contribution in [2.45, 2.75) is 39.9 Å². The molecule has 2 aromatic heterocycles. The fraction of sp³-hybridized carbons (Fsp3) is 0.353. The molecular weight excluding hydrogens is 290 g/mol. The van der Waals surface area contributed by atoms with Crippen molar-refractivity contribution in [2.75, 3.05) is 0 Å². The number of nitrogens with zero attached hydrogens (tertiary/aromatic N) is 4. The predicted octanol–water partition coefficient (Wildman–Crippen LogP) is 2.27. The number of fused-ring (bicyclic) bond motifs is 1. The van der Waals surface area contributed by atoms with Crippen LogP contribution in [-0.4, -0.2) is 25.5 Å². The summed E-state index contributed by atoms with van der Waals surface area (Å²) < 4.78 is 3.80. The average Bonchev–Trinajstić information content (AvgIpc) is 3.13. The van der Waals surface area contributed by atoms with E-state index in [1.165, 1.54) is 0 Å². The molecule has 0 radical (unpaired) electrons. The highest BCUT2D eigenvalue weighted by molar-refractivity contribution is 5.78. The maximum absolute atomic E-state index is 12.0. The topological polar surface area (TPSA) is 64.7 Å². The molecule has 0 aliphatic heterocycles. The molecule has 1 N–H and O–H groups in total. The van der Waals surface area contributed by atoms with E-state index >= 15 is 0 Å². The van der Waals surface area contributed by atoms with Crippen molar-refractivity contribution < 1.29 is 4.79 Å². The number of nitrogens with one attached hydrogen (secondary N) is 1. The molecule has 0 bridgehead atoms. The highest BCUT2D eigenvalue weighted by atomic mass is 16.1. The number of carbonyl (C=O) groups excluding carboxylic acids is 1. The van der Waals surface area contributed by atoms with E-state index in [1.807, 2.05) is 52.8 Å². The molecule has 0 atom stereocenters. The van der Waals surface area contributed by atoms with Crippen LogP contribution in [-0.2, 0) is 24.4 Å². The predicted molar refractivity (Wildman–Crippen MR) is 88.8 cm³/mol. The van der Waals surface area contributed by atoms with Gasteiger partial charge in [-0.3, -0.25) is 14.2 Å². The number of hydrogen-bond acceptors (Lipinski definition) is 3. The quantitative estimate of drug-likeness (QED) is 0.759. The lowest BCUT2D eigenvalue weighted by molar-refractivity contribution is -0.121. The molecule has 0 unspecified atom stereocenters. The summed E-state index contributed by atoms with van der Waals surface area (Å²) in [5, 5.41) is 11.8. The third kappa shape index (κ3) is 3.26. The van der Waals surface area contributed by atoms with Crippen LogP contribution in [0.25, 0.3) is 11.0 Å². The highest BCUT2D eigenvalue weighted by Gasteiger charge is 2.13. The van der Waals surface area contributed by atoms with E-state index in [4.69, 9.17) is 0 Å². The zero-order valence-corrected chi connectivity index (χ0v) is 13.5. The molecule has 1 aromatic carbocycles. The normalized spacial score (nSPS) is 11.0. The second-order valence-electron chi connectivity index (χ2n) is 5.52. The Labute approximate surface area is 135 Å². The second kappa shape index (κ2) is 6.64. The van der Waals surface area contributed by atoms with Crippen molar-refractivity contribution in [3.05, 3.63) is 47.8 Å². The van der Waals surface area contributed by atoms with Gasteiger partial charge in [0.05, 0.1) is 18.4 Å². The molecule has 2 heterocycles. The largest absolute Gasteiger partial charge is 0.352 e. The molecular formula is C17H21N5O. The van der Waals surface area contributed by atoms with Gasteiger partial charge in [-0.15, -0.1) is 0 Å². The Morgan fingerprint density at radius 3 is 2.74 bits per heavy atom. The number of carbonyl (C=O) groups is 1.